The van der Waals surface area contributed by atoms with Crippen LogP contribution in [0.5, 0.6) is 0 Å². The van der Waals surface area contributed by atoms with E-state index in [1.807, 2.05) is 51.1 Å². The largest absolute Gasteiger partial charge is 0.351 e. The van der Waals surface area contributed by atoms with Gasteiger partial charge in [-0.05, 0) is 30.7 Å². The van der Waals surface area contributed by atoms with Crippen molar-refractivity contribution < 1.29 is 19.2 Å². The maximum Gasteiger partial charge on any atom is 0.271 e. The van der Waals surface area contributed by atoms with Crippen LogP contribution in [0.3, 0.4) is 0 Å². The number of rotatable bonds is 5. The number of nitrogens with one attached hydrogen (secondary N) is 3. The van der Waals surface area contributed by atoms with Gasteiger partial charge in [-0.1, -0.05) is 51.1 Å². The Morgan fingerprint density at radius 3 is 2.39 bits per heavy atom. The van der Waals surface area contributed by atoms with E-state index in [-0.39, 0.29) is 47.5 Å². The molecule has 10 nitrogen and oxygen atoms in total. The van der Waals surface area contributed by atoms with E-state index >= 15 is 0 Å². The lowest BCUT2D eigenvalue weighted by Gasteiger charge is -2.24. The average molecular weight is 597 g/mol. The highest BCUT2D eigenvalue weighted by Crippen LogP contribution is 2.27. The molecule has 41 heavy (non-hydrogen) atoms. The second kappa shape index (κ2) is 14.3. The minimum atomic E-state index is -0.483. The molecule has 2 aromatic heterocycles. The van der Waals surface area contributed by atoms with Gasteiger partial charge in [-0.3, -0.25) is 19.2 Å². The van der Waals surface area contributed by atoms with Crippen LogP contribution in [0.25, 0.3) is 0 Å². The zero-order valence-corrected chi connectivity index (χ0v) is 25.1. The van der Waals surface area contributed by atoms with Gasteiger partial charge in [0, 0.05) is 30.3 Å². The van der Waals surface area contributed by atoms with Crippen molar-refractivity contribution in [1.82, 2.24) is 30.8 Å². The van der Waals surface area contributed by atoms with Gasteiger partial charge in [0.1, 0.15) is 21.4 Å². The van der Waals surface area contributed by atoms with Gasteiger partial charge < -0.3 is 20.9 Å². The quantitative estimate of drug-likeness (QED) is 0.409. The van der Waals surface area contributed by atoms with E-state index in [1.54, 1.807) is 10.8 Å². The maximum absolute atomic E-state index is 13.3. The van der Waals surface area contributed by atoms with Crippen molar-refractivity contribution >= 4 is 46.3 Å². The van der Waals surface area contributed by atoms with Gasteiger partial charge >= 0.3 is 0 Å². The molecule has 12 heteroatoms. The molecule has 1 aliphatic rings. The molecule has 0 spiro atoms. The molecule has 0 saturated heterocycles. The van der Waals surface area contributed by atoms with E-state index in [0.717, 1.165) is 5.56 Å². The van der Waals surface area contributed by atoms with Crippen LogP contribution in [0.1, 0.15) is 88.7 Å². The van der Waals surface area contributed by atoms with Crippen LogP contribution >= 0.6 is 22.7 Å². The Balaban J connectivity index is 1.66. The highest BCUT2D eigenvalue weighted by Gasteiger charge is 2.27. The van der Waals surface area contributed by atoms with Crippen LogP contribution in [0, 0.1) is 5.92 Å². The van der Waals surface area contributed by atoms with E-state index in [4.69, 9.17) is 0 Å². The zero-order valence-electron chi connectivity index (χ0n) is 23.5. The van der Waals surface area contributed by atoms with E-state index in [1.165, 1.54) is 27.6 Å². The Kier molecular flexibility index (Phi) is 10.6. The number of hydrogen-bond acceptors (Lipinski definition) is 8. The summed E-state index contributed by atoms with van der Waals surface area (Å²) in [6, 6.07) is 8.85. The van der Waals surface area contributed by atoms with Gasteiger partial charge in [0.2, 0.25) is 11.8 Å². The standard InChI is InChI=1S/C29H36N6O4S2/c1-4-9-24(37)35-13-8-12-30-26(38)21-16-41-29(33-21)25(18(2)3)34-27(39)22-17-40-28(32-22)20(31-23(36)15-35)14-19-10-6-5-7-11-19/h5-7,10-11,16-18,20,25H,4,8-9,12-15H2,1-3H3,(H,30,38)(H,31,36)(H,34,39)/t20-,25-/m0/s1. The lowest BCUT2D eigenvalue weighted by atomic mass is 10.0. The van der Waals surface area contributed by atoms with Crippen molar-refractivity contribution in [3.05, 3.63) is 68.1 Å². The third-order valence-electron chi connectivity index (χ3n) is 6.69. The van der Waals surface area contributed by atoms with Gasteiger partial charge in [-0.25, -0.2) is 9.97 Å². The number of benzene rings is 1. The van der Waals surface area contributed by atoms with E-state index < -0.39 is 12.1 Å². The molecule has 3 N–H and O–H groups in total. The highest BCUT2D eigenvalue weighted by atomic mass is 32.1. The second-order valence-electron chi connectivity index (χ2n) is 10.3. The number of aromatic nitrogens is 2. The van der Waals surface area contributed by atoms with E-state index in [0.29, 0.717) is 48.8 Å². The molecule has 1 aromatic carbocycles. The minimum absolute atomic E-state index is 0.0185. The molecule has 0 radical (unpaired) electrons. The number of fused-ring (bicyclic) bond motifs is 4. The number of carbonyl (C=O) groups is 4. The van der Waals surface area contributed by atoms with Crippen LogP contribution in [0.4, 0.5) is 0 Å². The van der Waals surface area contributed by atoms with Gasteiger partial charge in [0.15, 0.2) is 0 Å². The van der Waals surface area contributed by atoms with Gasteiger partial charge in [0.25, 0.3) is 11.8 Å². The molecule has 4 bridgehead atoms. The van der Waals surface area contributed by atoms with Crippen LogP contribution in [-0.4, -0.2) is 58.1 Å². The number of hydrogen-bond donors (Lipinski definition) is 3. The molecule has 218 valence electrons. The van der Waals surface area contributed by atoms with Crippen molar-refractivity contribution in [2.45, 2.75) is 58.5 Å². The summed E-state index contributed by atoms with van der Waals surface area (Å²) in [6.07, 6.45) is 1.96. The molecule has 4 amide bonds. The van der Waals surface area contributed by atoms with E-state index in [9.17, 15) is 19.2 Å². The van der Waals surface area contributed by atoms with Crippen LogP contribution < -0.4 is 16.0 Å². The predicted molar refractivity (Wildman–Crippen MR) is 159 cm³/mol. The van der Waals surface area contributed by atoms with Crippen molar-refractivity contribution in [2.24, 2.45) is 5.92 Å². The van der Waals surface area contributed by atoms with Crippen molar-refractivity contribution in [2.75, 3.05) is 19.6 Å². The van der Waals surface area contributed by atoms with Gasteiger partial charge in [0.05, 0.1) is 18.6 Å². The smallest absolute Gasteiger partial charge is 0.271 e. The number of nitrogens with zero attached hydrogens (tertiary/aromatic N) is 3. The van der Waals surface area contributed by atoms with Crippen molar-refractivity contribution in [3.63, 3.8) is 0 Å². The minimum Gasteiger partial charge on any atom is -0.351 e. The summed E-state index contributed by atoms with van der Waals surface area (Å²) in [5.74, 6) is -1.09. The number of thiazole rings is 2. The molecule has 0 fully saturated rings. The normalized spacial score (nSPS) is 19.0. The summed E-state index contributed by atoms with van der Waals surface area (Å²) >= 11 is 2.63. The summed E-state index contributed by atoms with van der Waals surface area (Å²) in [4.78, 5) is 62.8. The fraction of sp³-hybridized carbons (Fsp3) is 0.448. The summed E-state index contributed by atoms with van der Waals surface area (Å²) < 4.78 is 0. The fourth-order valence-corrected chi connectivity index (χ4v) is 6.38. The molecule has 4 rings (SSSR count). The Morgan fingerprint density at radius 1 is 1.00 bits per heavy atom. The monoisotopic (exact) mass is 596 g/mol. The molecule has 0 saturated carbocycles. The van der Waals surface area contributed by atoms with E-state index in [2.05, 4.69) is 25.9 Å². The molecule has 3 heterocycles. The Hall–Kier alpha value is -3.64. The maximum atomic E-state index is 13.3. The lowest BCUT2D eigenvalue weighted by Crippen LogP contribution is -2.43. The lowest BCUT2D eigenvalue weighted by molar-refractivity contribution is -0.136. The molecule has 1 aliphatic heterocycles. The summed E-state index contributed by atoms with van der Waals surface area (Å²) in [7, 11) is 0. The Labute approximate surface area is 248 Å². The molecular formula is C29H36N6O4S2. The molecule has 0 unspecified atom stereocenters. The van der Waals surface area contributed by atoms with Crippen LogP contribution in [0.15, 0.2) is 41.1 Å². The molecule has 2 atom stereocenters. The molecular weight excluding hydrogens is 560 g/mol. The first-order chi connectivity index (χ1) is 19.7. The fourth-order valence-electron chi connectivity index (χ4n) is 4.50. The molecule has 0 aliphatic carbocycles. The Bertz CT molecular complexity index is 1360. The number of amides is 4. The summed E-state index contributed by atoms with van der Waals surface area (Å²) in [6.45, 7) is 6.42. The van der Waals surface area contributed by atoms with Crippen molar-refractivity contribution in [1.29, 1.82) is 0 Å². The zero-order chi connectivity index (χ0) is 29.4. The number of carbonyl (C=O) groups excluding carboxylic acids is 4. The summed E-state index contributed by atoms with van der Waals surface area (Å²) in [5, 5.41) is 13.5. The van der Waals surface area contributed by atoms with Crippen LogP contribution in [0.2, 0.25) is 0 Å². The predicted octanol–water partition coefficient (Wildman–Crippen LogP) is 3.89. The third-order valence-corrected chi connectivity index (χ3v) is 8.57. The highest BCUT2D eigenvalue weighted by molar-refractivity contribution is 7.10. The first kappa shape index (κ1) is 30.3. The average Bonchev–Trinajstić information content (AvgIpc) is 3.64. The first-order valence-electron chi connectivity index (χ1n) is 13.9. The van der Waals surface area contributed by atoms with Gasteiger partial charge in [-0.2, -0.15) is 0 Å². The SMILES string of the molecule is CCCC(=O)N1CCCNC(=O)c2csc(n2)[C@H](C(C)C)NC(=O)c2csc(n2)[C@H](Cc2ccccc2)NC(=O)C1. The Morgan fingerprint density at radius 2 is 1.68 bits per heavy atom. The first-order valence-corrected chi connectivity index (χ1v) is 15.6. The van der Waals surface area contributed by atoms with Crippen LogP contribution in [-0.2, 0) is 16.0 Å². The van der Waals surface area contributed by atoms with Crippen molar-refractivity contribution in [3.8, 4) is 0 Å². The van der Waals surface area contributed by atoms with Gasteiger partial charge in [-0.15, -0.1) is 22.7 Å². The summed E-state index contributed by atoms with van der Waals surface area (Å²) in [5.41, 5.74) is 1.53. The second-order valence-corrected chi connectivity index (χ2v) is 12.1. The molecule has 3 aromatic rings. The third kappa shape index (κ3) is 8.20. The topological polar surface area (TPSA) is 133 Å².